The molecule has 190 valence electrons. The van der Waals surface area contributed by atoms with E-state index >= 15 is 0 Å². The van der Waals surface area contributed by atoms with Crippen LogP contribution < -0.4 is 10.6 Å². The van der Waals surface area contributed by atoms with E-state index in [0.717, 1.165) is 11.1 Å². The first-order valence-electron chi connectivity index (χ1n) is 12.5. The summed E-state index contributed by atoms with van der Waals surface area (Å²) >= 11 is 0. The number of hydrogen-bond donors (Lipinski definition) is 3. The summed E-state index contributed by atoms with van der Waals surface area (Å²) in [4.78, 5) is 42.7. The smallest absolute Gasteiger partial charge is 0.246 e. The third kappa shape index (κ3) is 3.46. The first kappa shape index (κ1) is 24.5. The normalized spacial score (nSPS) is 33.3. The van der Waals surface area contributed by atoms with Crippen molar-refractivity contribution < 1.29 is 24.2 Å². The van der Waals surface area contributed by atoms with Gasteiger partial charge in [0.1, 0.15) is 11.6 Å². The lowest BCUT2D eigenvalue weighted by Crippen LogP contribution is -2.56. The van der Waals surface area contributed by atoms with E-state index in [1.807, 2.05) is 74.5 Å². The summed E-state index contributed by atoms with van der Waals surface area (Å²) in [7, 11) is 1.55. The third-order valence-corrected chi connectivity index (χ3v) is 8.53. The van der Waals surface area contributed by atoms with Crippen LogP contribution in [0.2, 0.25) is 0 Å². The van der Waals surface area contributed by atoms with E-state index in [0.29, 0.717) is 13.0 Å². The first-order chi connectivity index (χ1) is 17.3. The van der Waals surface area contributed by atoms with Gasteiger partial charge in [-0.3, -0.25) is 14.4 Å². The minimum absolute atomic E-state index is 0.0440. The molecule has 2 aromatic rings. The van der Waals surface area contributed by atoms with Gasteiger partial charge >= 0.3 is 0 Å². The molecule has 2 aromatic carbocycles. The minimum atomic E-state index is -1.16. The maximum atomic E-state index is 14.2. The monoisotopic (exact) mass is 491 g/mol. The zero-order valence-electron chi connectivity index (χ0n) is 20.8. The van der Waals surface area contributed by atoms with Crippen LogP contribution in [0.25, 0.3) is 0 Å². The fourth-order valence-corrected chi connectivity index (χ4v) is 6.78. The molecule has 8 nitrogen and oxygen atoms in total. The molecule has 36 heavy (non-hydrogen) atoms. The maximum absolute atomic E-state index is 14.2. The zero-order valence-corrected chi connectivity index (χ0v) is 20.8. The number of fused-ring (bicyclic) bond motifs is 1. The number of hydrogen-bond acceptors (Lipinski definition) is 5. The number of carbonyl (C=O) groups is 3. The van der Waals surface area contributed by atoms with E-state index in [2.05, 4.69) is 10.6 Å². The molecule has 3 heterocycles. The highest BCUT2D eigenvalue weighted by Crippen LogP contribution is 2.65. The van der Waals surface area contributed by atoms with E-state index in [1.165, 1.54) is 4.90 Å². The van der Waals surface area contributed by atoms with Crippen molar-refractivity contribution in [3.05, 3.63) is 71.8 Å². The van der Waals surface area contributed by atoms with Crippen LogP contribution in [0, 0.1) is 17.8 Å². The molecule has 3 N–H and O–H groups in total. The summed E-state index contributed by atoms with van der Waals surface area (Å²) in [5, 5.41) is 16.2. The molecule has 0 saturated carbocycles. The van der Waals surface area contributed by atoms with Gasteiger partial charge in [-0.15, -0.1) is 0 Å². The maximum Gasteiger partial charge on any atom is 0.246 e. The van der Waals surface area contributed by atoms with Crippen LogP contribution in [0.5, 0.6) is 0 Å². The van der Waals surface area contributed by atoms with Crippen LogP contribution in [-0.2, 0) is 25.7 Å². The number of benzene rings is 2. The van der Waals surface area contributed by atoms with E-state index in [9.17, 15) is 19.5 Å². The van der Waals surface area contributed by atoms with Crippen LogP contribution in [-0.4, -0.2) is 58.6 Å². The molecule has 1 spiro atoms. The van der Waals surface area contributed by atoms with Crippen molar-refractivity contribution in [2.24, 2.45) is 17.8 Å². The molecular formula is C28H33N3O5. The van der Waals surface area contributed by atoms with Gasteiger partial charge in [0.2, 0.25) is 17.7 Å². The molecule has 0 radical (unpaired) electrons. The molecule has 3 saturated heterocycles. The molecule has 3 amide bonds. The minimum Gasteiger partial charge on any atom is -0.394 e. The van der Waals surface area contributed by atoms with Gasteiger partial charge in [-0.05, 0) is 30.4 Å². The number of aliphatic hydroxyl groups excluding tert-OH is 1. The van der Waals surface area contributed by atoms with Gasteiger partial charge in [-0.25, -0.2) is 0 Å². The quantitative estimate of drug-likeness (QED) is 0.548. The molecule has 0 aliphatic carbocycles. The summed E-state index contributed by atoms with van der Waals surface area (Å²) in [6, 6.07) is 17.0. The Balaban J connectivity index is 1.59. The van der Waals surface area contributed by atoms with Crippen molar-refractivity contribution in [3.63, 3.8) is 0 Å². The van der Waals surface area contributed by atoms with Crippen molar-refractivity contribution in [3.8, 4) is 0 Å². The third-order valence-electron chi connectivity index (χ3n) is 8.53. The van der Waals surface area contributed by atoms with Crippen molar-refractivity contribution in [1.29, 1.82) is 0 Å². The first-order valence-corrected chi connectivity index (χ1v) is 12.5. The summed E-state index contributed by atoms with van der Waals surface area (Å²) in [6.07, 6.45) is 0.472. The van der Waals surface area contributed by atoms with Gasteiger partial charge in [0, 0.05) is 13.6 Å². The van der Waals surface area contributed by atoms with Gasteiger partial charge in [0.25, 0.3) is 0 Å². The Hall–Kier alpha value is -3.23. The molecule has 2 bridgehead atoms. The number of nitrogens with zero attached hydrogens (tertiary/aromatic N) is 1. The van der Waals surface area contributed by atoms with Crippen molar-refractivity contribution in [1.82, 2.24) is 15.5 Å². The molecule has 8 heteroatoms. The fraction of sp³-hybridized carbons (Fsp3) is 0.464. The van der Waals surface area contributed by atoms with Crippen molar-refractivity contribution >= 4 is 17.7 Å². The Morgan fingerprint density at radius 2 is 1.75 bits per heavy atom. The number of aliphatic hydroxyl groups is 1. The Morgan fingerprint density at radius 3 is 2.36 bits per heavy atom. The van der Waals surface area contributed by atoms with E-state index in [-0.39, 0.29) is 30.2 Å². The number of likely N-dealkylation sites (tertiary alicyclic amines) is 1. The van der Waals surface area contributed by atoms with Crippen LogP contribution in [0.4, 0.5) is 0 Å². The number of amides is 3. The van der Waals surface area contributed by atoms with Crippen molar-refractivity contribution in [2.45, 2.75) is 50.1 Å². The highest BCUT2D eigenvalue weighted by Gasteiger charge is 2.80. The molecule has 7 atom stereocenters. The molecule has 3 unspecified atom stereocenters. The number of ether oxygens (including phenoxy) is 1. The van der Waals surface area contributed by atoms with E-state index in [4.69, 9.17) is 4.74 Å². The highest BCUT2D eigenvalue weighted by molar-refractivity contribution is 5.99. The molecule has 3 aliphatic rings. The van der Waals surface area contributed by atoms with Gasteiger partial charge in [-0.1, -0.05) is 67.6 Å². The number of nitrogens with one attached hydrogen (secondary N) is 2. The highest BCUT2D eigenvalue weighted by atomic mass is 16.5. The summed E-state index contributed by atoms with van der Waals surface area (Å²) in [6.45, 7) is 3.81. The fourth-order valence-electron chi connectivity index (χ4n) is 6.78. The Morgan fingerprint density at radius 1 is 1.11 bits per heavy atom. The predicted molar refractivity (Wildman–Crippen MR) is 132 cm³/mol. The standard InChI is InChI=1S/C28H33N3O5/c1-17-14-28-22(21(24(33)29-3)27(17,2)36-28)26(35)31(20(16-32)19-12-8-5-9-13-19)23(28)25(34)30-15-18-10-6-4-7-11-18/h4-13,17,20-23,32H,14-16H2,1-3H3,(H,29,33)(H,30,34)/t17?,20-,21-,22+,23?,27+,28?/m1/s1. The summed E-state index contributed by atoms with van der Waals surface area (Å²) in [5.74, 6) is -2.54. The van der Waals surface area contributed by atoms with Gasteiger partial charge < -0.3 is 25.4 Å². The van der Waals surface area contributed by atoms with Gasteiger partial charge in [0.05, 0.1) is 30.1 Å². The number of carbonyl (C=O) groups excluding carboxylic acids is 3. The summed E-state index contributed by atoms with van der Waals surface area (Å²) < 4.78 is 6.67. The van der Waals surface area contributed by atoms with E-state index < -0.39 is 35.1 Å². The summed E-state index contributed by atoms with van der Waals surface area (Å²) in [5.41, 5.74) is -0.384. The lowest BCUT2D eigenvalue weighted by atomic mass is 9.62. The zero-order chi connectivity index (χ0) is 25.7. The van der Waals surface area contributed by atoms with E-state index in [1.54, 1.807) is 7.05 Å². The second-order valence-corrected chi connectivity index (χ2v) is 10.4. The SMILES string of the molecule is CNC(=O)[C@H]1[C@H]2C(=O)N([C@H](CO)c3ccccc3)C(C(=O)NCc3ccccc3)C23CC(C)[C@]1(C)O3. The molecule has 0 aromatic heterocycles. The average molecular weight is 492 g/mol. The topological polar surface area (TPSA) is 108 Å². The average Bonchev–Trinajstić information content (AvgIpc) is 3.41. The second-order valence-electron chi connectivity index (χ2n) is 10.4. The largest absolute Gasteiger partial charge is 0.394 e. The van der Waals surface area contributed by atoms with Crippen LogP contribution in [0.15, 0.2) is 60.7 Å². The van der Waals surface area contributed by atoms with Crippen LogP contribution in [0.3, 0.4) is 0 Å². The second kappa shape index (κ2) is 9.01. The number of rotatable bonds is 7. The van der Waals surface area contributed by atoms with Gasteiger partial charge in [-0.2, -0.15) is 0 Å². The lowest BCUT2D eigenvalue weighted by molar-refractivity contribution is -0.151. The Bertz CT molecular complexity index is 1160. The molecule has 3 fully saturated rings. The molecular weight excluding hydrogens is 458 g/mol. The van der Waals surface area contributed by atoms with Crippen LogP contribution in [0.1, 0.15) is 37.4 Å². The Labute approximate surface area is 211 Å². The van der Waals surface area contributed by atoms with Crippen LogP contribution >= 0.6 is 0 Å². The molecule has 5 rings (SSSR count). The van der Waals surface area contributed by atoms with Gasteiger partial charge in [0.15, 0.2) is 0 Å². The lowest BCUT2D eigenvalue weighted by Gasteiger charge is -2.37. The Kier molecular flexibility index (Phi) is 6.12. The predicted octanol–water partition coefficient (Wildman–Crippen LogP) is 1.79. The van der Waals surface area contributed by atoms with Crippen molar-refractivity contribution in [2.75, 3.05) is 13.7 Å². The molecule has 3 aliphatic heterocycles.